The number of carbonyl (C=O) groups is 2. The summed E-state index contributed by atoms with van der Waals surface area (Å²) < 4.78 is 10.7. The van der Waals surface area contributed by atoms with Crippen molar-refractivity contribution in [1.29, 1.82) is 0 Å². The van der Waals surface area contributed by atoms with Crippen molar-refractivity contribution in [3.8, 4) is 11.5 Å². The minimum Gasteiger partial charge on any atom is -0.492 e. The number of ketones is 1. The van der Waals surface area contributed by atoms with E-state index in [1.165, 1.54) is 12.2 Å². The quantitative estimate of drug-likeness (QED) is 0.536. The first-order chi connectivity index (χ1) is 12.1. The van der Waals surface area contributed by atoms with Gasteiger partial charge in [0.25, 0.3) is 0 Å². The Kier molecular flexibility index (Phi) is 6.74. The van der Waals surface area contributed by atoms with Gasteiger partial charge >= 0.3 is 5.97 Å². The number of nitrogens with two attached hydrogens (primary N) is 1. The minimum absolute atomic E-state index is 0.346. The largest absolute Gasteiger partial charge is 0.492 e. The number of carboxylic acid groups (broad SMARTS) is 1. The molecule has 0 spiro atoms. The van der Waals surface area contributed by atoms with E-state index in [1.807, 2.05) is 0 Å². The highest BCUT2D eigenvalue weighted by Gasteiger charge is 2.16. The first-order valence-electron chi connectivity index (χ1n) is 7.70. The molecular weight excluding hydrogens is 322 g/mol. The van der Waals surface area contributed by atoms with Crippen LogP contribution in [0, 0.1) is 0 Å². The van der Waals surface area contributed by atoms with Gasteiger partial charge in [-0.2, -0.15) is 0 Å². The molecule has 2 aromatic carbocycles. The van der Waals surface area contributed by atoms with Crippen LogP contribution in [0.25, 0.3) is 0 Å². The van der Waals surface area contributed by atoms with E-state index >= 15 is 0 Å². The molecule has 3 N–H and O–H groups in total. The van der Waals surface area contributed by atoms with E-state index in [1.54, 1.807) is 54.6 Å². The third-order valence-electron chi connectivity index (χ3n) is 3.18. The predicted octanol–water partition coefficient (Wildman–Crippen LogP) is 2.30. The Morgan fingerprint density at radius 2 is 1.80 bits per heavy atom. The van der Waals surface area contributed by atoms with Crippen LogP contribution in [-0.2, 0) is 4.79 Å². The molecule has 1 atom stereocenters. The van der Waals surface area contributed by atoms with Gasteiger partial charge in [-0.05, 0) is 36.4 Å². The summed E-state index contributed by atoms with van der Waals surface area (Å²) in [6, 6.07) is 15.1. The van der Waals surface area contributed by atoms with Gasteiger partial charge in [0, 0.05) is 12.1 Å². The summed E-state index contributed by atoms with van der Waals surface area (Å²) in [6.07, 6.45) is 1.14. The number of carbonyl (C=O) groups excluding carboxylic acids is 1. The fraction of sp³-hybridized carbons (Fsp3) is 0.158. The van der Waals surface area contributed by atoms with Gasteiger partial charge in [-0.15, -0.1) is 0 Å². The molecule has 0 saturated heterocycles. The average Bonchev–Trinajstić information content (AvgIpc) is 2.64. The lowest BCUT2D eigenvalue weighted by molar-refractivity contribution is -0.142. The fourth-order valence-electron chi connectivity index (χ4n) is 2.00. The molecule has 6 nitrogen and oxygen atoms in total. The van der Waals surface area contributed by atoms with E-state index in [0.29, 0.717) is 30.2 Å². The summed E-state index contributed by atoms with van der Waals surface area (Å²) in [5.41, 5.74) is 5.76. The topological polar surface area (TPSA) is 98.9 Å². The van der Waals surface area contributed by atoms with E-state index in [2.05, 4.69) is 0 Å². The van der Waals surface area contributed by atoms with Crippen molar-refractivity contribution in [2.75, 3.05) is 13.2 Å². The molecule has 0 amide bonds. The molecule has 0 saturated carbocycles. The molecule has 0 aliphatic heterocycles. The van der Waals surface area contributed by atoms with Gasteiger partial charge in [-0.1, -0.05) is 30.3 Å². The second-order valence-corrected chi connectivity index (χ2v) is 5.08. The maximum absolute atomic E-state index is 12.2. The first kappa shape index (κ1) is 18.2. The van der Waals surface area contributed by atoms with Crippen molar-refractivity contribution >= 4 is 11.8 Å². The highest BCUT2D eigenvalue weighted by Crippen LogP contribution is 2.15. The van der Waals surface area contributed by atoms with Crippen LogP contribution in [0.3, 0.4) is 0 Å². The monoisotopic (exact) mass is 341 g/mol. The van der Waals surface area contributed by atoms with Crippen molar-refractivity contribution < 1.29 is 24.2 Å². The van der Waals surface area contributed by atoms with Crippen LogP contribution in [0.4, 0.5) is 0 Å². The van der Waals surface area contributed by atoms with Crippen molar-refractivity contribution in [2.45, 2.75) is 6.10 Å². The summed E-state index contributed by atoms with van der Waals surface area (Å²) >= 11 is 0. The summed E-state index contributed by atoms with van der Waals surface area (Å²) in [5, 5.41) is 9.24. The van der Waals surface area contributed by atoms with Crippen molar-refractivity contribution in [3.05, 3.63) is 72.3 Å². The van der Waals surface area contributed by atoms with Crippen LogP contribution in [0.15, 0.2) is 66.7 Å². The maximum Gasteiger partial charge on any atom is 0.349 e. The molecule has 25 heavy (non-hydrogen) atoms. The number of para-hydroxylation sites is 1. The zero-order valence-electron chi connectivity index (χ0n) is 13.5. The van der Waals surface area contributed by atoms with Gasteiger partial charge in [0.2, 0.25) is 6.10 Å². The highest BCUT2D eigenvalue weighted by molar-refractivity contribution is 6.05. The number of rotatable bonds is 9. The Morgan fingerprint density at radius 1 is 1.08 bits per heavy atom. The van der Waals surface area contributed by atoms with E-state index in [4.69, 9.17) is 15.2 Å². The highest BCUT2D eigenvalue weighted by atomic mass is 16.5. The Balaban J connectivity index is 2.07. The van der Waals surface area contributed by atoms with Crippen LogP contribution in [0.2, 0.25) is 0 Å². The molecule has 2 rings (SSSR count). The molecule has 1 unspecified atom stereocenters. The van der Waals surface area contributed by atoms with E-state index in [9.17, 15) is 14.7 Å². The molecule has 6 heteroatoms. The summed E-state index contributed by atoms with van der Waals surface area (Å²) in [7, 11) is 0. The summed E-state index contributed by atoms with van der Waals surface area (Å²) in [5.74, 6) is -0.599. The van der Waals surface area contributed by atoms with E-state index < -0.39 is 12.1 Å². The van der Waals surface area contributed by atoms with Gasteiger partial charge in [-0.3, -0.25) is 4.79 Å². The number of ether oxygens (including phenoxy) is 2. The van der Waals surface area contributed by atoms with Gasteiger partial charge in [0.05, 0.1) is 0 Å². The van der Waals surface area contributed by atoms with Crippen molar-refractivity contribution in [3.63, 3.8) is 0 Å². The molecule has 130 valence electrons. The summed E-state index contributed by atoms with van der Waals surface area (Å²) in [6.45, 7) is 0.717. The lowest BCUT2D eigenvalue weighted by Crippen LogP contribution is -2.24. The van der Waals surface area contributed by atoms with Gasteiger partial charge in [0.15, 0.2) is 5.78 Å². The van der Waals surface area contributed by atoms with Crippen molar-refractivity contribution in [1.82, 2.24) is 0 Å². The maximum atomic E-state index is 12.2. The Morgan fingerprint density at radius 3 is 2.48 bits per heavy atom. The van der Waals surface area contributed by atoms with E-state index in [-0.39, 0.29) is 5.78 Å². The third-order valence-corrected chi connectivity index (χ3v) is 3.18. The zero-order chi connectivity index (χ0) is 18.1. The van der Waals surface area contributed by atoms with Crippen LogP contribution in [-0.4, -0.2) is 36.1 Å². The number of aliphatic carboxylic acids is 1. The lowest BCUT2D eigenvalue weighted by Gasteiger charge is -2.11. The predicted molar refractivity (Wildman–Crippen MR) is 93.0 cm³/mol. The molecule has 0 bridgehead atoms. The van der Waals surface area contributed by atoms with Crippen LogP contribution >= 0.6 is 0 Å². The smallest absolute Gasteiger partial charge is 0.349 e. The number of allylic oxidation sites excluding steroid dienone is 1. The molecule has 0 fully saturated rings. The first-order valence-corrected chi connectivity index (χ1v) is 7.70. The number of hydrogen-bond acceptors (Lipinski definition) is 5. The third kappa shape index (κ3) is 5.78. The summed E-state index contributed by atoms with van der Waals surface area (Å²) in [4.78, 5) is 23.5. The fourth-order valence-corrected chi connectivity index (χ4v) is 2.00. The molecular formula is C19H19NO5. The van der Waals surface area contributed by atoms with Crippen molar-refractivity contribution in [2.24, 2.45) is 5.73 Å². The number of benzene rings is 2. The van der Waals surface area contributed by atoms with Gasteiger partial charge in [-0.25, -0.2) is 4.79 Å². The Labute approximate surface area is 145 Å². The molecule has 2 aromatic rings. The van der Waals surface area contributed by atoms with E-state index in [0.717, 1.165) is 0 Å². The Bertz CT molecular complexity index is 742. The molecule has 0 aliphatic rings. The SMILES string of the molecule is NCCOc1cccc(C(=O)C=CC(Oc2ccccc2)C(=O)O)c1. The van der Waals surface area contributed by atoms with Crippen LogP contribution < -0.4 is 15.2 Å². The standard InChI is InChI=1S/C19H19NO5/c20-11-12-24-16-8-4-5-14(13-16)17(21)9-10-18(19(22)23)25-15-6-2-1-3-7-15/h1-10,13,18H,11-12,20H2,(H,22,23). The van der Waals surface area contributed by atoms with Gasteiger partial charge in [0.1, 0.15) is 18.1 Å². The second-order valence-electron chi connectivity index (χ2n) is 5.08. The number of hydrogen-bond donors (Lipinski definition) is 2. The molecule has 0 aliphatic carbocycles. The normalized spacial score (nSPS) is 11.9. The van der Waals surface area contributed by atoms with Crippen LogP contribution in [0.1, 0.15) is 10.4 Å². The zero-order valence-corrected chi connectivity index (χ0v) is 13.5. The number of carboxylic acids is 1. The average molecular weight is 341 g/mol. The molecule has 0 radical (unpaired) electrons. The Hall–Kier alpha value is -3.12. The van der Waals surface area contributed by atoms with Gasteiger partial charge < -0.3 is 20.3 Å². The van der Waals surface area contributed by atoms with Crippen LogP contribution in [0.5, 0.6) is 11.5 Å². The molecule has 0 heterocycles. The second kappa shape index (κ2) is 9.24. The molecule has 0 aromatic heterocycles. The lowest BCUT2D eigenvalue weighted by atomic mass is 10.1. The minimum atomic E-state index is -1.26.